The van der Waals surface area contributed by atoms with Crippen LogP contribution in [0.15, 0.2) is 54.6 Å². The number of hydrogen-bond donors (Lipinski definition) is 1. The number of carbonyl (C=O) groups is 1. The highest BCUT2D eigenvalue weighted by Gasteiger charge is 2.19. The minimum absolute atomic E-state index is 0.00983. The molecule has 150 valence electrons. The van der Waals surface area contributed by atoms with Crippen molar-refractivity contribution < 1.29 is 9.53 Å². The second-order valence-electron chi connectivity index (χ2n) is 7.71. The van der Waals surface area contributed by atoms with Crippen LogP contribution in [0.4, 0.5) is 0 Å². The molecule has 0 unspecified atom stereocenters. The van der Waals surface area contributed by atoms with E-state index in [0.717, 1.165) is 37.5 Å². The third-order valence-corrected chi connectivity index (χ3v) is 5.51. The van der Waals surface area contributed by atoms with Crippen molar-refractivity contribution in [2.45, 2.75) is 32.2 Å². The van der Waals surface area contributed by atoms with Crippen molar-refractivity contribution in [3.8, 4) is 0 Å². The summed E-state index contributed by atoms with van der Waals surface area (Å²) in [6, 6.07) is 18.9. The van der Waals surface area contributed by atoms with Gasteiger partial charge in [-0.05, 0) is 68.0 Å². The van der Waals surface area contributed by atoms with Gasteiger partial charge in [-0.15, -0.1) is 0 Å². The van der Waals surface area contributed by atoms with Crippen LogP contribution < -0.4 is 5.32 Å². The highest BCUT2D eigenvalue weighted by Crippen LogP contribution is 2.23. The van der Waals surface area contributed by atoms with Crippen molar-refractivity contribution in [3.63, 3.8) is 0 Å². The second-order valence-corrected chi connectivity index (χ2v) is 7.71. The first kappa shape index (κ1) is 20.6. The minimum atomic E-state index is -0.00983. The van der Waals surface area contributed by atoms with Gasteiger partial charge < -0.3 is 10.1 Å². The van der Waals surface area contributed by atoms with E-state index in [4.69, 9.17) is 4.74 Å². The smallest absolute Gasteiger partial charge is 0.251 e. The maximum atomic E-state index is 12.1. The Balaban J connectivity index is 1.40. The zero-order valence-corrected chi connectivity index (χ0v) is 16.9. The lowest BCUT2D eigenvalue weighted by molar-refractivity contribution is 0.0948. The van der Waals surface area contributed by atoms with Crippen molar-refractivity contribution in [2.75, 3.05) is 33.4 Å². The quantitative estimate of drug-likeness (QED) is 0.671. The van der Waals surface area contributed by atoms with Gasteiger partial charge in [0.1, 0.15) is 0 Å². The highest BCUT2D eigenvalue weighted by atomic mass is 16.5. The Morgan fingerprint density at radius 1 is 1.04 bits per heavy atom. The molecular weight excluding hydrogens is 348 g/mol. The molecule has 0 aliphatic carbocycles. The average molecular weight is 381 g/mol. The third-order valence-electron chi connectivity index (χ3n) is 5.51. The van der Waals surface area contributed by atoms with E-state index in [0.29, 0.717) is 13.2 Å². The van der Waals surface area contributed by atoms with Crippen LogP contribution in [0.25, 0.3) is 0 Å². The summed E-state index contributed by atoms with van der Waals surface area (Å²) in [5.74, 6) is 0.784. The number of amides is 1. The molecule has 0 aromatic heterocycles. The van der Waals surface area contributed by atoms with Crippen LogP contribution in [0, 0.1) is 5.92 Å². The third kappa shape index (κ3) is 6.47. The molecular formula is C24H32N2O2. The van der Waals surface area contributed by atoms with E-state index in [1.54, 1.807) is 7.11 Å². The SMILES string of the molecule is COCCCNC(=O)c1ccc(CN2CCC(Cc3ccccc3)CC2)cc1. The van der Waals surface area contributed by atoms with E-state index in [1.807, 2.05) is 12.1 Å². The Morgan fingerprint density at radius 3 is 2.43 bits per heavy atom. The summed E-state index contributed by atoms with van der Waals surface area (Å²) in [6.45, 7) is 4.58. The maximum Gasteiger partial charge on any atom is 0.251 e. The van der Waals surface area contributed by atoms with E-state index in [1.165, 1.54) is 30.4 Å². The van der Waals surface area contributed by atoms with Crippen LogP contribution in [-0.2, 0) is 17.7 Å². The molecule has 2 aromatic rings. The Hall–Kier alpha value is -2.17. The molecule has 0 spiro atoms. The van der Waals surface area contributed by atoms with Gasteiger partial charge in [0.05, 0.1) is 0 Å². The number of nitrogens with zero attached hydrogens (tertiary/aromatic N) is 1. The van der Waals surface area contributed by atoms with Crippen molar-refractivity contribution in [1.29, 1.82) is 0 Å². The van der Waals surface area contributed by atoms with Gasteiger partial charge in [-0.1, -0.05) is 42.5 Å². The predicted molar refractivity (Wildman–Crippen MR) is 113 cm³/mol. The van der Waals surface area contributed by atoms with Gasteiger partial charge in [0.2, 0.25) is 0 Å². The Kier molecular flexibility index (Phi) is 8.07. The summed E-state index contributed by atoms with van der Waals surface area (Å²) < 4.78 is 5.00. The molecule has 0 atom stereocenters. The second kappa shape index (κ2) is 11.0. The molecule has 1 aliphatic heterocycles. The molecule has 1 saturated heterocycles. The lowest BCUT2D eigenvalue weighted by atomic mass is 9.90. The number of hydrogen-bond acceptors (Lipinski definition) is 3. The van der Waals surface area contributed by atoms with E-state index < -0.39 is 0 Å². The summed E-state index contributed by atoms with van der Waals surface area (Å²) in [7, 11) is 1.67. The van der Waals surface area contributed by atoms with E-state index >= 15 is 0 Å². The topological polar surface area (TPSA) is 41.6 Å². The van der Waals surface area contributed by atoms with Gasteiger partial charge >= 0.3 is 0 Å². The molecule has 1 amide bonds. The molecule has 1 aliphatic rings. The fourth-order valence-electron chi connectivity index (χ4n) is 3.84. The monoisotopic (exact) mass is 380 g/mol. The maximum absolute atomic E-state index is 12.1. The highest BCUT2D eigenvalue weighted by molar-refractivity contribution is 5.94. The van der Waals surface area contributed by atoms with E-state index in [-0.39, 0.29) is 5.91 Å². The average Bonchev–Trinajstić information content (AvgIpc) is 2.74. The lowest BCUT2D eigenvalue weighted by Gasteiger charge is -2.32. The summed E-state index contributed by atoms with van der Waals surface area (Å²) in [5.41, 5.74) is 3.46. The molecule has 4 heteroatoms. The van der Waals surface area contributed by atoms with Gasteiger partial charge in [-0.2, -0.15) is 0 Å². The zero-order valence-electron chi connectivity index (χ0n) is 16.9. The zero-order chi connectivity index (χ0) is 19.6. The number of methoxy groups -OCH3 is 1. The number of ether oxygens (including phenoxy) is 1. The van der Waals surface area contributed by atoms with Crippen molar-refractivity contribution in [2.24, 2.45) is 5.92 Å². The summed E-state index contributed by atoms with van der Waals surface area (Å²) in [5, 5.41) is 2.93. The summed E-state index contributed by atoms with van der Waals surface area (Å²) in [6.07, 6.45) is 4.55. The Morgan fingerprint density at radius 2 is 1.75 bits per heavy atom. The molecule has 0 bridgehead atoms. The first-order valence-electron chi connectivity index (χ1n) is 10.4. The predicted octanol–water partition coefficient (Wildman–Crippen LogP) is 3.91. The molecule has 3 rings (SSSR count). The van der Waals surface area contributed by atoms with Crippen LogP contribution in [0.5, 0.6) is 0 Å². The van der Waals surface area contributed by atoms with E-state index in [9.17, 15) is 4.79 Å². The number of nitrogens with one attached hydrogen (secondary N) is 1. The largest absolute Gasteiger partial charge is 0.385 e. The molecule has 2 aromatic carbocycles. The minimum Gasteiger partial charge on any atom is -0.385 e. The first-order chi connectivity index (χ1) is 13.7. The number of benzene rings is 2. The molecule has 1 N–H and O–H groups in total. The number of likely N-dealkylation sites (tertiary alicyclic amines) is 1. The number of rotatable bonds is 9. The van der Waals surface area contributed by atoms with Gasteiger partial charge in [-0.25, -0.2) is 0 Å². The van der Waals surface area contributed by atoms with Crippen LogP contribution in [0.2, 0.25) is 0 Å². The molecule has 0 radical (unpaired) electrons. The lowest BCUT2D eigenvalue weighted by Crippen LogP contribution is -2.33. The van der Waals surface area contributed by atoms with Crippen LogP contribution >= 0.6 is 0 Å². The van der Waals surface area contributed by atoms with Gasteiger partial charge in [0.25, 0.3) is 5.91 Å². The molecule has 0 saturated carbocycles. The van der Waals surface area contributed by atoms with Crippen LogP contribution in [0.3, 0.4) is 0 Å². The van der Waals surface area contributed by atoms with Crippen LogP contribution in [0.1, 0.15) is 40.7 Å². The molecule has 1 heterocycles. The fraction of sp³-hybridized carbons (Fsp3) is 0.458. The number of carbonyl (C=O) groups excluding carboxylic acids is 1. The normalized spacial score (nSPS) is 15.5. The van der Waals surface area contributed by atoms with Crippen molar-refractivity contribution in [3.05, 3.63) is 71.3 Å². The van der Waals surface area contributed by atoms with E-state index in [2.05, 4.69) is 52.7 Å². The molecule has 28 heavy (non-hydrogen) atoms. The van der Waals surface area contributed by atoms with Crippen LogP contribution in [-0.4, -0.2) is 44.2 Å². The van der Waals surface area contributed by atoms with Gasteiger partial charge in [0.15, 0.2) is 0 Å². The Labute approximate surface area is 168 Å². The molecule has 4 nitrogen and oxygen atoms in total. The van der Waals surface area contributed by atoms with Crippen molar-refractivity contribution >= 4 is 5.91 Å². The van der Waals surface area contributed by atoms with Gasteiger partial charge in [0, 0.05) is 32.4 Å². The van der Waals surface area contributed by atoms with Crippen molar-refractivity contribution in [1.82, 2.24) is 10.2 Å². The summed E-state index contributed by atoms with van der Waals surface area (Å²) >= 11 is 0. The van der Waals surface area contributed by atoms with Gasteiger partial charge in [-0.3, -0.25) is 9.69 Å². The molecule has 1 fully saturated rings. The first-order valence-corrected chi connectivity index (χ1v) is 10.4. The standard InChI is InChI=1S/C24H32N2O2/c1-28-17-5-14-25-24(27)23-10-8-22(9-11-23)19-26-15-12-21(13-16-26)18-20-6-3-2-4-7-20/h2-4,6-11,21H,5,12-19H2,1H3,(H,25,27). The number of piperidine rings is 1. The Bertz CT molecular complexity index is 707. The summed E-state index contributed by atoms with van der Waals surface area (Å²) in [4.78, 5) is 14.7. The fourth-order valence-corrected chi connectivity index (χ4v) is 3.84.